The molecule has 1 aliphatic heterocycles. The molecule has 0 radical (unpaired) electrons. The van der Waals surface area contributed by atoms with Crippen molar-refractivity contribution in [2.24, 2.45) is 0 Å². The highest BCUT2D eigenvalue weighted by atomic mass is 32.2. The first-order chi connectivity index (χ1) is 9.44. The van der Waals surface area contributed by atoms with Crippen LogP contribution in [0, 0.1) is 6.92 Å². The van der Waals surface area contributed by atoms with E-state index in [9.17, 15) is 13.5 Å². The molecular formula is C13H12N2O3S2. The van der Waals surface area contributed by atoms with E-state index in [1.165, 1.54) is 28.2 Å². The van der Waals surface area contributed by atoms with Gasteiger partial charge in [-0.15, -0.1) is 11.3 Å². The summed E-state index contributed by atoms with van der Waals surface area (Å²) >= 11 is 1.18. The largest absolute Gasteiger partial charge is 0.504 e. The predicted octanol–water partition coefficient (Wildman–Crippen LogP) is 2.61. The third kappa shape index (κ3) is 1.66. The Morgan fingerprint density at radius 3 is 2.70 bits per heavy atom. The predicted molar refractivity (Wildman–Crippen MR) is 80.1 cm³/mol. The molecule has 5 nitrogen and oxygen atoms in total. The summed E-state index contributed by atoms with van der Waals surface area (Å²) in [6.45, 7) is 1.81. The van der Waals surface area contributed by atoms with E-state index in [4.69, 9.17) is 0 Å². The molecule has 0 fully saturated rings. The Morgan fingerprint density at radius 1 is 1.30 bits per heavy atom. The molecule has 0 unspecified atom stereocenters. The molecule has 1 aliphatic rings. The lowest BCUT2D eigenvalue weighted by atomic mass is 10.1. The van der Waals surface area contributed by atoms with Gasteiger partial charge in [-0.2, -0.15) is 0 Å². The van der Waals surface area contributed by atoms with Gasteiger partial charge in [-0.1, -0.05) is 24.3 Å². The Hall–Kier alpha value is -1.86. The van der Waals surface area contributed by atoms with Crippen molar-refractivity contribution in [3.63, 3.8) is 0 Å². The number of aliphatic hydroxyl groups excluding tert-OH is 1. The molecule has 0 spiro atoms. The number of rotatable bonds is 1. The molecule has 1 N–H and O–H groups in total. The van der Waals surface area contributed by atoms with Crippen molar-refractivity contribution in [3.05, 3.63) is 46.6 Å². The standard InChI is InChI=1S/C13H12N2O3S2/c1-8-5-3-4-6-9(8)12-11(16)10-13(19-7-14-10)15(2)20(12,17)18/h3-7,16H,1-2H3. The maximum atomic E-state index is 12.6. The highest BCUT2D eigenvalue weighted by Gasteiger charge is 2.38. The summed E-state index contributed by atoms with van der Waals surface area (Å²) in [5.74, 6) is -0.284. The van der Waals surface area contributed by atoms with E-state index in [0.29, 0.717) is 16.3 Å². The topological polar surface area (TPSA) is 70.5 Å². The van der Waals surface area contributed by atoms with Crippen molar-refractivity contribution in [1.82, 2.24) is 4.98 Å². The molecule has 1 aromatic heterocycles. The van der Waals surface area contributed by atoms with E-state index >= 15 is 0 Å². The Morgan fingerprint density at radius 2 is 2.00 bits per heavy atom. The number of nitrogens with zero attached hydrogens (tertiary/aromatic N) is 2. The minimum atomic E-state index is -3.78. The number of hydrogen-bond donors (Lipinski definition) is 1. The number of anilines is 1. The van der Waals surface area contributed by atoms with Crippen LogP contribution in [0.1, 0.15) is 16.8 Å². The molecule has 104 valence electrons. The zero-order valence-corrected chi connectivity index (χ0v) is 12.5. The molecule has 2 heterocycles. The van der Waals surface area contributed by atoms with Gasteiger partial charge in [0.25, 0.3) is 10.0 Å². The average molecular weight is 308 g/mol. The van der Waals surface area contributed by atoms with Gasteiger partial charge in [0.2, 0.25) is 0 Å². The van der Waals surface area contributed by atoms with Crippen LogP contribution in [0.3, 0.4) is 0 Å². The van der Waals surface area contributed by atoms with E-state index in [2.05, 4.69) is 4.98 Å². The van der Waals surface area contributed by atoms with Gasteiger partial charge in [0.1, 0.15) is 15.6 Å². The maximum Gasteiger partial charge on any atom is 0.269 e. The van der Waals surface area contributed by atoms with Crippen LogP contribution < -0.4 is 4.31 Å². The molecule has 2 aromatic rings. The third-order valence-corrected chi connectivity index (χ3v) is 6.13. The Balaban J connectivity index is 2.39. The van der Waals surface area contributed by atoms with Crippen LogP contribution in [-0.4, -0.2) is 25.6 Å². The molecule has 3 rings (SSSR count). The van der Waals surface area contributed by atoms with Gasteiger partial charge in [-0.05, 0) is 12.5 Å². The minimum absolute atomic E-state index is 0.0866. The van der Waals surface area contributed by atoms with Crippen molar-refractivity contribution >= 4 is 37.0 Å². The van der Waals surface area contributed by atoms with E-state index in [1.807, 2.05) is 19.1 Å². The minimum Gasteiger partial charge on any atom is -0.504 e. The van der Waals surface area contributed by atoms with Crippen molar-refractivity contribution in [1.29, 1.82) is 0 Å². The summed E-state index contributed by atoms with van der Waals surface area (Å²) in [7, 11) is -2.31. The summed E-state index contributed by atoms with van der Waals surface area (Å²) in [5, 5.41) is 10.8. The molecule has 0 bridgehead atoms. The fourth-order valence-corrected chi connectivity index (χ4v) is 4.71. The molecule has 0 aliphatic carbocycles. The van der Waals surface area contributed by atoms with Crippen LogP contribution in [-0.2, 0) is 10.0 Å². The third-order valence-electron chi connectivity index (χ3n) is 3.28. The number of aromatic nitrogens is 1. The number of fused-ring (bicyclic) bond motifs is 1. The average Bonchev–Trinajstić information content (AvgIpc) is 2.88. The van der Waals surface area contributed by atoms with Crippen LogP contribution >= 0.6 is 11.3 Å². The molecular weight excluding hydrogens is 296 g/mol. The van der Waals surface area contributed by atoms with Gasteiger partial charge >= 0.3 is 0 Å². The normalized spacial score (nSPS) is 17.2. The zero-order valence-electron chi connectivity index (χ0n) is 10.9. The van der Waals surface area contributed by atoms with Gasteiger partial charge in [0.15, 0.2) is 5.76 Å². The lowest BCUT2D eigenvalue weighted by Crippen LogP contribution is -2.31. The molecule has 20 heavy (non-hydrogen) atoms. The summed E-state index contributed by atoms with van der Waals surface area (Å²) < 4.78 is 26.4. The first-order valence-corrected chi connectivity index (χ1v) is 8.18. The van der Waals surface area contributed by atoms with E-state index in [0.717, 1.165) is 5.56 Å². The number of thiazole rings is 1. The zero-order chi connectivity index (χ0) is 14.5. The smallest absolute Gasteiger partial charge is 0.269 e. The van der Waals surface area contributed by atoms with Gasteiger partial charge in [0.05, 0.1) is 5.51 Å². The molecule has 0 atom stereocenters. The van der Waals surface area contributed by atoms with E-state index < -0.39 is 10.0 Å². The van der Waals surface area contributed by atoms with Crippen LogP contribution in [0.4, 0.5) is 5.00 Å². The van der Waals surface area contributed by atoms with Crippen LogP contribution in [0.25, 0.3) is 10.7 Å². The molecule has 0 saturated heterocycles. The van der Waals surface area contributed by atoms with Crippen molar-refractivity contribution in [2.45, 2.75) is 6.92 Å². The number of benzene rings is 1. The molecule has 1 aromatic carbocycles. The van der Waals surface area contributed by atoms with Crippen LogP contribution in [0.2, 0.25) is 0 Å². The number of hydrogen-bond acceptors (Lipinski definition) is 5. The van der Waals surface area contributed by atoms with Crippen LogP contribution in [0.15, 0.2) is 29.8 Å². The first-order valence-electron chi connectivity index (χ1n) is 5.86. The van der Waals surface area contributed by atoms with Crippen molar-refractivity contribution in [3.8, 4) is 0 Å². The second kappa shape index (κ2) is 4.32. The maximum absolute atomic E-state index is 12.6. The summed E-state index contributed by atoms with van der Waals surface area (Å²) in [6, 6.07) is 7.06. The summed E-state index contributed by atoms with van der Waals surface area (Å²) in [5.41, 5.74) is 3.11. The monoisotopic (exact) mass is 308 g/mol. The number of sulfonamides is 1. The highest BCUT2D eigenvalue weighted by Crippen LogP contribution is 2.43. The Labute approximate surface area is 120 Å². The second-order valence-electron chi connectivity index (χ2n) is 4.47. The van der Waals surface area contributed by atoms with E-state index in [1.54, 1.807) is 12.1 Å². The number of aliphatic hydroxyl groups is 1. The van der Waals surface area contributed by atoms with Crippen molar-refractivity contribution < 1.29 is 13.5 Å². The molecule has 7 heteroatoms. The van der Waals surface area contributed by atoms with Gasteiger partial charge in [-0.25, -0.2) is 13.4 Å². The van der Waals surface area contributed by atoms with Gasteiger partial charge in [-0.3, -0.25) is 4.31 Å². The molecule has 0 amide bonds. The number of aryl methyl sites for hydroxylation is 1. The quantitative estimate of drug-likeness (QED) is 0.879. The highest BCUT2D eigenvalue weighted by molar-refractivity contribution is 8.02. The second-order valence-corrected chi connectivity index (χ2v) is 7.21. The van der Waals surface area contributed by atoms with E-state index in [-0.39, 0.29) is 10.7 Å². The van der Waals surface area contributed by atoms with Gasteiger partial charge < -0.3 is 5.11 Å². The molecule has 0 saturated carbocycles. The Kier molecular flexibility index (Phi) is 2.84. The van der Waals surface area contributed by atoms with Crippen molar-refractivity contribution in [2.75, 3.05) is 11.4 Å². The first kappa shape index (κ1) is 13.1. The summed E-state index contributed by atoms with van der Waals surface area (Å²) in [6.07, 6.45) is 0. The fourth-order valence-electron chi connectivity index (χ4n) is 2.20. The lowest BCUT2D eigenvalue weighted by Gasteiger charge is -2.26. The lowest BCUT2D eigenvalue weighted by molar-refractivity contribution is 0.510. The Bertz CT molecular complexity index is 822. The fraction of sp³-hybridized carbons (Fsp3) is 0.154. The summed E-state index contributed by atoms with van der Waals surface area (Å²) in [4.78, 5) is 3.98. The SMILES string of the molecule is Cc1ccccc1C1=C(O)c2ncsc2N(C)S1(=O)=O. The van der Waals surface area contributed by atoms with Gasteiger partial charge in [0, 0.05) is 12.6 Å². The van der Waals surface area contributed by atoms with Crippen LogP contribution in [0.5, 0.6) is 0 Å².